The highest BCUT2D eigenvalue weighted by Crippen LogP contribution is 2.38. The quantitative estimate of drug-likeness (QED) is 0.758. The van der Waals surface area contributed by atoms with E-state index in [1.54, 1.807) is 11.3 Å². The van der Waals surface area contributed by atoms with E-state index >= 15 is 0 Å². The number of carbonyl (C=O) groups is 1. The van der Waals surface area contributed by atoms with Gasteiger partial charge in [0.05, 0.1) is 5.56 Å². The third-order valence-electron chi connectivity index (χ3n) is 3.64. The molecule has 5 heteroatoms. The maximum Gasteiger partial charge on any atom is 0.225 e. The van der Waals surface area contributed by atoms with Gasteiger partial charge in [0.15, 0.2) is 0 Å². The van der Waals surface area contributed by atoms with Gasteiger partial charge in [0.25, 0.3) is 0 Å². The lowest BCUT2D eigenvalue weighted by Crippen LogP contribution is -2.11. The molecule has 1 amide bonds. The highest BCUT2D eigenvalue weighted by molar-refractivity contribution is 7.16. The number of hydrogen-bond donors (Lipinski definition) is 2. The second-order valence-electron chi connectivity index (χ2n) is 5.17. The summed E-state index contributed by atoms with van der Waals surface area (Å²) in [4.78, 5) is 13.2. The fourth-order valence-corrected chi connectivity index (χ4v) is 3.84. The maximum absolute atomic E-state index is 11.9. The van der Waals surface area contributed by atoms with Gasteiger partial charge >= 0.3 is 0 Å². The van der Waals surface area contributed by atoms with Crippen molar-refractivity contribution in [2.24, 2.45) is 5.73 Å². The Morgan fingerprint density at radius 3 is 2.85 bits per heavy atom. The first-order chi connectivity index (χ1) is 9.76. The van der Waals surface area contributed by atoms with Gasteiger partial charge in [-0.2, -0.15) is 5.26 Å². The van der Waals surface area contributed by atoms with Gasteiger partial charge in [-0.25, -0.2) is 0 Å². The molecule has 108 valence electrons. The number of amides is 1. The van der Waals surface area contributed by atoms with Crippen molar-refractivity contribution in [3.8, 4) is 6.07 Å². The Kier molecular flexibility index (Phi) is 5.57. The van der Waals surface area contributed by atoms with Crippen LogP contribution < -0.4 is 11.1 Å². The molecule has 0 fully saturated rings. The molecular weight excluding hydrogens is 270 g/mol. The predicted molar refractivity (Wildman–Crippen MR) is 81.8 cm³/mol. The molecule has 1 heterocycles. The molecule has 1 aromatic heterocycles. The minimum Gasteiger partial charge on any atom is -0.330 e. The molecule has 1 aliphatic rings. The Hall–Kier alpha value is -1.38. The SMILES string of the molecule is N#Cc1c(NC(=O)CCCCCCN)sc2c1CCC2. The molecule has 0 saturated heterocycles. The zero-order valence-corrected chi connectivity index (χ0v) is 12.5. The Morgan fingerprint density at radius 2 is 2.10 bits per heavy atom. The maximum atomic E-state index is 11.9. The summed E-state index contributed by atoms with van der Waals surface area (Å²) in [5.74, 6) is 0.0224. The highest BCUT2D eigenvalue weighted by Gasteiger charge is 2.22. The first kappa shape index (κ1) is 15.0. The monoisotopic (exact) mass is 291 g/mol. The number of carbonyl (C=O) groups excluding carboxylic acids is 1. The molecule has 0 atom stereocenters. The van der Waals surface area contributed by atoms with Gasteiger partial charge in [0.2, 0.25) is 5.91 Å². The van der Waals surface area contributed by atoms with E-state index in [-0.39, 0.29) is 5.91 Å². The van der Waals surface area contributed by atoms with E-state index in [0.717, 1.165) is 62.1 Å². The summed E-state index contributed by atoms with van der Waals surface area (Å²) < 4.78 is 0. The molecule has 4 nitrogen and oxygen atoms in total. The molecule has 1 aliphatic carbocycles. The van der Waals surface area contributed by atoms with E-state index in [0.29, 0.717) is 12.0 Å². The van der Waals surface area contributed by atoms with E-state index in [4.69, 9.17) is 5.73 Å². The Balaban J connectivity index is 1.84. The molecule has 0 saturated carbocycles. The first-order valence-corrected chi connectivity index (χ1v) is 8.12. The molecule has 0 aliphatic heterocycles. The van der Waals surface area contributed by atoms with Gasteiger partial charge in [0, 0.05) is 11.3 Å². The first-order valence-electron chi connectivity index (χ1n) is 7.30. The number of thiophene rings is 1. The van der Waals surface area contributed by atoms with Crippen LogP contribution in [-0.2, 0) is 17.6 Å². The van der Waals surface area contributed by atoms with Crippen molar-refractivity contribution >= 4 is 22.2 Å². The van der Waals surface area contributed by atoms with Crippen molar-refractivity contribution in [1.29, 1.82) is 5.26 Å². The summed E-state index contributed by atoms with van der Waals surface area (Å²) in [5.41, 5.74) is 7.29. The molecule has 0 aromatic carbocycles. The minimum atomic E-state index is 0.0224. The van der Waals surface area contributed by atoms with Gasteiger partial charge in [-0.05, 0) is 44.2 Å². The molecule has 3 N–H and O–H groups in total. The molecule has 0 unspecified atom stereocenters. The van der Waals surface area contributed by atoms with Gasteiger partial charge in [-0.1, -0.05) is 12.8 Å². The van der Waals surface area contributed by atoms with E-state index in [9.17, 15) is 10.1 Å². The van der Waals surface area contributed by atoms with Crippen LogP contribution in [0.1, 0.15) is 54.5 Å². The van der Waals surface area contributed by atoms with E-state index in [1.807, 2.05) is 0 Å². The summed E-state index contributed by atoms with van der Waals surface area (Å²) in [7, 11) is 0. The number of hydrogen-bond acceptors (Lipinski definition) is 4. The second kappa shape index (κ2) is 7.41. The molecule has 0 radical (unpaired) electrons. The average Bonchev–Trinajstić information content (AvgIpc) is 2.98. The van der Waals surface area contributed by atoms with Crippen molar-refractivity contribution in [2.75, 3.05) is 11.9 Å². The van der Waals surface area contributed by atoms with E-state index in [1.165, 1.54) is 4.88 Å². The topological polar surface area (TPSA) is 78.9 Å². The Bertz CT molecular complexity index is 516. The van der Waals surface area contributed by atoms with Gasteiger partial charge in [-0.3, -0.25) is 4.79 Å². The molecule has 0 bridgehead atoms. The fourth-order valence-electron chi connectivity index (χ4n) is 2.58. The van der Waals surface area contributed by atoms with Crippen LogP contribution in [0.4, 0.5) is 5.00 Å². The van der Waals surface area contributed by atoms with Gasteiger partial charge < -0.3 is 11.1 Å². The average molecular weight is 291 g/mol. The Morgan fingerprint density at radius 1 is 1.30 bits per heavy atom. The lowest BCUT2D eigenvalue weighted by atomic mass is 10.1. The van der Waals surface area contributed by atoms with Crippen molar-refractivity contribution in [3.63, 3.8) is 0 Å². The van der Waals surface area contributed by atoms with Crippen LogP contribution >= 0.6 is 11.3 Å². The van der Waals surface area contributed by atoms with Crippen molar-refractivity contribution in [1.82, 2.24) is 0 Å². The minimum absolute atomic E-state index is 0.0224. The second-order valence-corrected chi connectivity index (χ2v) is 6.28. The van der Waals surface area contributed by atoms with Crippen LogP contribution in [0, 0.1) is 11.3 Å². The molecule has 2 rings (SSSR count). The molecule has 0 spiro atoms. The largest absolute Gasteiger partial charge is 0.330 e. The number of nitrogens with zero attached hydrogens (tertiary/aromatic N) is 1. The zero-order valence-electron chi connectivity index (χ0n) is 11.7. The third-order valence-corrected chi connectivity index (χ3v) is 4.85. The van der Waals surface area contributed by atoms with Gasteiger partial charge in [0.1, 0.15) is 11.1 Å². The number of unbranched alkanes of at least 4 members (excludes halogenated alkanes) is 3. The lowest BCUT2D eigenvalue weighted by molar-refractivity contribution is -0.116. The Labute approximate surface area is 124 Å². The number of rotatable bonds is 7. The van der Waals surface area contributed by atoms with E-state index < -0.39 is 0 Å². The van der Waals surface area contributed by atoms with Crippen molar-refractivity contribution < 1.29 is 4.79 Å². The summed E-state index contributed by atoms with van der Waals surface area (Å²) in [5, 5.41) is 12.9. The van der Waals surface area contributed by atoms with Crippen LogP contribution in [0.2, 0.25) is 0 Å². The number of nitriles is 1. The number of nitrogens with one attached hydrogen (secondary N) is 1. The normalized spacial score (nSPS) is 13.0. The fraction of sp³-hybridized carbons (Fsp3) is 0.600. The number of aryl methyl sites for hydroxylation is 1. The van der Waals surface area contributed by atoms with Crippen LogP contribution in [0.15, 0.2) is 0 Å². The summed E-state index contributed by atoms with van der Waals surface area (Å²) in [6.07, 6.45) is 7.71. The van der Waals surface area contributed by atoms with Crippen LogP contribution in [0.5, 0.6) is 0 Å². The zero-order chi connectivity index (χ0) is 14.4. The number of anilines is 1. The van der Waals surface area contributed by atoms with Crippen LogP contribution in [-0.4, -0.2) is 12.5 Å². The smallest absolute Gasteiger partial charge is 0.225 e. The standard InChI is InChI=1S/C15H21N3OS/c16-9-4-2-1-3-8-14(19)18-15-12(10-17)11-6-5-7-13(11)20-15/h1-9,16H2,(H,18,19). The van der Waals surface area contributed by atoms with E-state index in [2.05, 4.69) is 11.4 Å². The number of nitrogens with two attached hydrogens (primary N) is 1. The van der Waals surface area contributed by atoms with Crippen molar-refractivity contribution in [3.05, 3.63) is 16.0 Å². The third kappa shape index (κ3) is 3.59. The summed E-state index contributed by atoms with van der Waals surface area (Å²) in [6.45, 7) is 0.721. The molecule has 20 heavy (non-hydrogen) atoms. The molecular formula is C15H21N3OS. The summed E-state index contributed by atoms with van der Waals surface area (Å²) >= 11 is 1.58. The molecule has 1 aromatic rings. The highest BCUT2D eigenvalue weighted by atomic mass is 32.1. The van der Waals surface area contributed by atoms with Crippen LogP contribution in [0.25, 0.3) is 0 Å². The van der Waals surface area contributed by atoms with Crippen molar-refractivity contribution in [2.45, 2.75) is 51.4 Å². The lowest BCUT2D eigenvalue weighted by Gasteiger charge is -2.04. The predicted octanol–water partition coefficient (Wildman–Crippen LogP) is 2.96. The van der Waals surface area contributed by atoms with Gasteiger partial charge in [-0.15, -0.1) is 11.3 Å². The number of fused-ring (bicyclic) bond motifs is 1. The summed E-state index contributed by atoms with van der Waals surface area (Å²) in [6, 6.07) is 2.25. The van der Waals surface area contributed by atoms with Crippen LogP contribution in [0.3, 0.4) is 0 Å².